The predicted molar refractivity (Wildman–Crippen MR) is 146 cm³/mol. The van der Waals surface area contributed by atoms with Gasteiger partial charge in [0.1, 0.15) is 5.41 Å². The molecule has 6 atom stereocenters. The summed E-state index contributed by atoms with van der Waals surface area (Å²) in [6.07, 6.45) is 4.08. The molecule has 1 aromatic carbocycles. The van der Waals surface area contributed by atoms with Gasteiger partial charge in [-0.2, -0.15) is 0 Å². The number of allylic oxidation sites excluding steroid dienone is 3. The minimum atomic E-state index is -1.97. The van der Waals surface area contributed by atoms with Gasteiger partial charge in [0, 0.05) is 11.5 Å². The lowest BCUT2D eigenvalue weighted by atomic mass is 9.36. The molecule has 1 spiro atoms. The van der Waals surface area contributed by atoms with Crippen molar-refractivity contribution in [2.75, 3.05) is 0 Å². The van der Waals surface area contributed by atoms with Crippen LogP contribution in [-0.2, 0) is 19.1 Å². The molecule has 1 aromatic rings. The van der Waals surface area contributed by atoms with Gasteiger partial charge in [-0.05, 0) is 72.1 Å². The van der Waals surface area contributed by atoms with Crippen LogP contribution in [0.5, 0.6) is 0 Å². The van der Waals surface area contributed by atoms with Crippen molar-refractivity contribution >= 4 is 23.1 Å². The molecular formula is C33H40O5. The third-order valence-corrected chi connectivity index (χ3v) is 10.4. The molecule has 0 radical (unpaired) electrons. The molecule has 1 aliphatic heterocycles. The number of Topliss-reactive ketones (excluding diaryl/α,β-unsaturated/α-hetero) is 4. The first-order chi connectivity index (χ1) is 17.6. The molecule has 0 unspecified atom stereocenters. The molecule has 0 N–H and O–H groups in total. The number of benzene rings is 1. The Kier molecular flexibility index (Phi) is 5.79. The molecule has 4 aliphatic carbocycles. The fraction of sp³-hybridized carbons (Fsp3) is 0.576. The smallest absolute Gasteiger partial charge is 0.184 e. The number of carbonyl (C=O) groups is 4. The predicted octanol–water partition coefficient (Wildman–Crippen LogP) is 6.12. The fourth-order valence-corrected chi connectivity index (χ4v) is 8.50. The quantitative estimate of drug-likeness (QED) is 0.268. The van der Waals surface area contributed by atoms with Crippen molar-refractivity contribution in [1.82, 2.24) is 0 Å². The normalized spacial score (nSPS) is 38.0. The summed E-state index contributed by atoms with van der Waals surface area (Å²) in [5.74, 6) is -2.46. The lowest BCUT2D eigenvalue weighted by Gasteiger charge is -2.60. The van der Waals surface area contributed by atoms with E-state index in [1.807, 2.05) is 73.6 Å². The van der Waals surface area contributed by atoms with Crippen molar-refractivity contribution in [3.8, 4) is 0 Å². The van der Waals surface area contributed by atoms with E-state index in [0.717, 1.165) is 11.1 Å². The van der Waals surface area contributed by atoms with E-state index in [4.69, 9.17) is 4.74 Å². The van der Waals surface area contributed by atoms with Gasteiger partial charge in [-0.25, -0.2) is 0 Å². The first-order valence-corrected chi connectivity index (χ1v) is 13.8. The SMILES string of the molecule is CC(C)=CC[C@]12C[C@H]3C[C@H]4C(C)(C)O[C@@H](C=C(C)C)[C@@]4(C1=O)C(=O)[C@](C(=O)c1ccccc1)(C2=O)C3(C)C. The van der Waals surface area contributed by atoms with Crippen LogP contribution in [0.15, 0.2) is 53.6 Å². The maximum absolute atomic E-state index is 15.3. The summed E-state index contributed by atoms with van der Waals surface area (Å²) in [4.78, 5) is 60.1. The number of hydrogen-bond donors (Lipinski definition) is 0. The highest BCUT2D eigenvalue weighted by atomic mass is 16.5. The van der Waals surface area contributed by atoms with Gasteiger partial charge >= 0.3 is 0 Å². The summed E-state index contributed by atoms with van der Waals surface area (Å²) >= 11 is 0. The zero-order chi connectivity index (χ0) is 28.1. The average Bonchev–Trinajstić information content (AvgIpc) is 2.94. The topological polar surface area (TPSA) is 77.5 Å². The van der Waals surface area contributed by atoms with Crippen molar-refractivity contribution < 1.29 is 23.9 Å². The Bertz CT molecular complexity index is 1310. The molecule has 38 heavy (non-hydrogen) atoms. The Morgan fingerprint density at radius 2 is 1.55 bits per heavy atom. The number of hydrogen-bond acceptors (Lipinski definition) is 5. The molecule has 0 aromatic heterocycles. The molecule has 6 rings (SSSR count). The number of ketones is 4. The van der Waals surface area contributed by atoms with Gasteiger partial charge in [-0.1, -0.05) is 67.5 Å². The molecule has 4 saturated carbocycles. The second kappa shape index (κ2) is 8.17. The standard InChI is InChI=1S/C33H40O5/c1-19(2)14-15-31-18-22-17-23-30(7,8)38-24(16-20(3)4)32(23,26(31)35)28(37)33(27(31)36,29(22,5)6)25(34)21-12-10-9-11-13-21/h9-14,16,22-24H,15,17-18H2,1-8H3/t22-,23+,24+,31+,32+,33+/m1/s1. The van der Waals surface area contributed by atoms with Crippen LogP contribution in [0.4, 0.5) is 0 Å². The zero-order valence-corrected chi connectivity index (χ0v) is 23.9. The highest BCUT2D eigenvalue weighted by Gasteiger charge is 2.87. The molecular weight excluding hydrogens is 476 g/mol. The lowest BCUT2D eigenvalue weighted by Crippen LogP contribution is -2.77. The number of ether oxygens (including phenoxy) is 1. The van der Waals surface area contributed by atoms with E-state index < -0.39 is 56.6 Å². The van der Waals surface area contributed by atoms with Crippen molar-refractivity contribution in [3.05, 3.63) is 59.2 Å². The van der Waals surface area contributed by atoms with E-state index in [1.165, 1.54) is 0 Å². The Hall–Kier alpha value is -2.66. The van der Waals surface area contributed by atoms with E-state index in [1.54, 1.807) is 24.3 Å². The van der Waals surface area contributed by atoms with Gasteiger partial charge < -0.3 is 4.74 Å². The van der Waals surface area contributed by atoms with Crippen molar-refractivity contribution in [1.29, 1.82) is 0 Å². The Morgan fingerprint density at radius 1 is 0.921 bits per heavy atom. The van der Waals surface area contributed by atoms with Crippen LogP contribution in [0, 0.1) is 33.5 Å². The van der Waals surface area contributed by atoms with Gasteiger partial charge in [0.05, 0.1) is 17.1 Å². The first-order valence-electron chi connectivity index (χ1n) is 13.8. The number of rotatable bonds is 5. The molecule has 1 heterocycles. The molecule has 4 bridgehead atoms. The summed E-state index contributed by atoms with van der Waals surface area (Å²) in [5, 5.41) is 0. The zero-order valence-electron chi connectivity index (χ0n) is 23.9. The van der Waals surface area contributed by atoms with Gasteiger partial charge in [0.2, 0.25) is 0 Å². The molecule has 5 fully saturated rings. The van der Waals surface area contributed by atoms with Crippen LogP contribution in [-0.4, -0.2) is 34.8 Å². The second-order valence-corrected chi connectivity index (χ2v) is 13.7. The van der Waals surface area contributed by atoms with Crippen LogP contribution in [0.2, 0.25) is 0 Å². The van der Waals surface area contributed by atoms with Crippen molar-refractivity contribution in [2.45, 2.75) is 86.4 Å². The summed E-state index contributed by atoms with van der Waals surface area (Å²) in [6.45, 7) is 15.5. The van der Waals surface area contributed by atoms with Crippen LogP contribution in [0.1, 0.15) is 85.0 Å². The Labute approximate surface area is 226 Å². The first kappa shape index (κ1) is 26.9. The third kappa shape index (κ3) is 2.97. The van der Waals surface area contributed by atoms with E-state index >= 15 is 9.59 Å². The summed E-state index contributed by atoms with van der Waals surface area (Å²) in [6, 6.07) is 8.67. The van der Waals surface area contributed by atoms with Gasteiger partial charge in [0.25, 0.3) is 0 Å². The van der Waals surface area contributed by atoms with E-state index in [0.29, 0.717) is 18.4 Å². The molecule has 5 aliphatic rings. The molecule has 1 saturated heterocycles. The molecule has 5 nitrogen and oxygen atoms in total. The minimum absolute atomic E-state index is 0.186. The monoisotopic (exact) mass is 516 g/mol. The molecule has 202 valence electrons. The summed E-state index contributed by atoms with van der Waals surface area (Å²) < 4.78 is 6.60. The largest absolute Gasteiger partial charge is 0.366 e. The maximum Gasteiger partial charge on any atom is 0.184 e. The van der Waals surface area contributed by atoms with E-state index in [-0.39, 0.29) is 18.1 Å². The third-order valence-electron chi connectivity index (χ3n) is 10.4. The fourth-order valence-electron chi connectivity index (χ4n) is 8.50. The second-order valence-electron chi connectivity index (χ2n) is 13.7. The highest BCUT2D eigenvalue weighted by molar-refractivity contribution is 6.42. The highest BCUT2D eigenvalue weighted by Crippen LogP contribution is 2.75. The summed E-state index contributed by atoms with van der Waals surface area (Å²) in [7, 11) is 0. The average molecular weight is 517 g/mol. The molecule has 5 heteroatoms. The van der Waals surface area contributed by atoms with Gasteiger partial charge in [-0.3, -0.25) is 19.2 Å². The number of carbonyl (C=O) groups excluding carboxylic acids is 4. The summed E-state index contributed by atoms with van der Waals surface area (Å²) in [5.41, 5.74) is -4.51. The maximum atomic E-state index is 15.3. The van der Waals surface area contributed by atoms with Gasteiger partial charge in [0.15, 0.2) is 28.5 Å². The minimum Gasteiger partial charge on any atom is -0.366 e. The van der Waals surface area contributed by atoms with E-state index in [2.05, 4.69) is 0 Å². The molecule has 0 amide bonds. The van der Waals surface area contributed by atoms with Crippen LogP contribution < -0.4 is 0 Å². The van der Waals surface area contributed by atoms with Crippen LogP contribution in [0.3, 0.4) is 0 Å². The van der Waals surface area contributed by atoms with Crippen molar-refractivity contribution in [3.63, 3.8) is 0 Å². The van der Waals surface area contributed by atoms with Gasteiger partial charge in [-0.15, -0.1) is 0 Å². The van der Waals surface area contributed by atoms with Crippen LogP contribution >= 0.6 is 0 Å². The Balaban J connectivity index is 1.93. The Morgan fingerprint density at radius 3 is 2.13 bits per heavy atom. The van der Waals surface area contributed by atoms with Crippen molar-refractivity contribution in [2.24, 2.45) is 33.5 Å². The van der Waals surface area contributed by atoms with E-state index in [9.17, 15) is 9.59 Å². The lowest BCUT2D eigenvalue weighted by molar-refractivity contribution is -0.183. The van der Waals surface area contributed by atoms with Crippen LogP contribution in [0.25, 0.3) is 0 Å².